The van der Waals surface area contributed by atoms with Gasteiger partial charge in [0.2, 0.25) is 0 Å². The van der Waals surface area contributed by atoms with Gasteiger partial charge < -0.3 is 0 Å². The molecule has 0 radical (unpaired) electrons. The predicted molar refractivity (Wildman–Crippen MR) is 62.6 cm³/mol. The summed E-state index contributed by atoms with van der Waals surface area (Å²) in [5.74, 6) is 5.78. The zero-order valence-electron chi connectivity index (χ0n) is 8.46. The summed E-state index contributed by atoms with van der Waals surface area (Å²) < 4.78 is 0. The van der Waals surface area contributed by atoms with Crippen molar-refractivity contribution in [2.24, 2.45) is 5.11 Å². The van der Waals surface area contributed by atoms with Gasteiger partial charge in [-0.2, -0.15) is 0 Å². The van der Waals surface area contributed by atoms with Crippen LogP contribution in [0.2, 0.25) is 0 Å². The van der Waals surface area contributed by atoms with E-state index in [-0.39, 0.29) is 6.54 Å². The Morgan fingerprint density at radius 3 is 3.19 bits per heavy atom. The minimum atomic E-state index is 0.192. The van der Waals surface area contributed by atoms with Crippen LogP contribution in [0.1, 0.15) is 5.56 Å². The first-order valence-electron chi connectivity index (χ1n) is 4.74. The molecular weight excluding hydrogens is 200 g/mol. The number of nitrogens with zero attached hydrogens (tertiary/aromatic N) is 4. The predicted octanol–water partition coefficient (Wildman–Crippen LogP) is 2.90. The van der Waals surface area contributed by atoms with Crippen LogP contribution in [0.15, 0.2) is 41.8 Å². The smallest absolute Gasteiger partial charge is 0.0880 e. The summed E-state index contributed by atoms with van der Waals surface area (Å²) in [6.45, 7) is 0.192. The van der Waals surface area contributed by atoms with Crippen LogP contribution >= 0.6 is 0 Å². The van der Waals surface area contributed by atoms with E-state index in [0.29, 0.717) is 0 Å². The molecule has 0 aliphatic rings. The van der Waals surface area contributed by atoms with E-state index in [1.165, 1.54) is 0 Å². The standard InChI is InChI=1S/C12H8N4/c13-16-15-7-2-5-10-3-1-4-11-9-14-8-6-12(10)11/h1,3-4,6,8-9H,7H2. The summed E-state index contributed by atoms with van der Waals surface area (Å²) in [7, 11) is 0. The van der Waals surface area contributed by atoms with Gasteiger partial charge in [-0.15, -0.1) is 0 Å². The second-order valence-electron chi connectivity index (χ2n) is 3.09. The van der Waals surface area contributed by atoms with Crippen LogP contribution in [0.5, 0.6) is 0 Å². The van der Waals surface area contributed by atoms with E-state index >= 15 is 0 Å². The van der Waals surface area contributed by atoms with Crippen molar-refractivity contribution in [3.8, 4) is 11.8 Å². The largest absolute Gasteiger partial charge is 0.264 e. The first-order valence-corrected chi connectivity index (χ1v) is 4.74. The number of pyridine rings is 1. The van der Waals surface area contributed by atoms with E-state index in [1.807, 2.05) is 24.3 Å². The van der Waals surface area contributed by atoms with E-state index < -0.39 is 0 Å². The van der Waals surface area contributed by atoms with Crippen molar-refractivity contribution in [1.82, 2.24) is 4.98 Å². The lowest BCUT2D eigenvalue weighted by Crippen LogP contribution is -1.81. The summed E-state index contributed by atoms with van der Waals surface area (Å²) >= 11 is 0. The number of hydrogen-bond donors (Lipinski definition) is 0. The molecule has 16 heavy (non-hydrogen) atoms. The molecule has 4 heteroatoms. The number of fused-ring (bicyclic) bond motifs is 1. The molecule has 0 bridgehead atoms. The van der Waals surface area contributed by atoms with Gasteiger partial charge in [-0.1, -0.05) is 29.1 Å². The normalized spacial score (nSPS) is 9.00. The van der Waals surface area contributed by atoms with E-state index in [1.54, 1.807) is 12.4 Å². The average Bonchev–Trinajstić information content (AvgIpc) is 2.35. The molecule has 1 aromatic heterocycles. The van der Waals surface area contributed by atoms with Crippen LogP contribution in [-0.2, 0) is 0 Å². The molecule has 4 nitrogen and oxygen atoms in total. The highest BCUT2D eigenvalue weighted by Gasteiger charge is 1.96. The Morgan fingerprint density at radius 1 is 1.38 bits per heavy atom. The molecule has 2 rings (SSSR count). The van der Waals surface area contributed by atoms with Crippen LogP contribution in [0.4, 0.5) is 0 Å². The van der Waals surface area contributed by atoms with Gasteiger partial charge >= 0.3 is 0 Å². The van der Waals surface area contributed by atoms with Gasteiger partial charge in [0, 0.05) is 33.6 Å². The topological polar surface area (TPSA) is 61.7 Å². The van der Waals surface area contributed by atoms with E-state index in [2.05, 4.69) is 26.9 Å². The Balaban J connectivity index is 2.43. The SMILES string of the molecule is [N-]=[N+]=NCC#Cc1cccc2cnccc12. The molecule has 0 saturated carbocycles. The van der Waals surface area contributed by atoms with Gasteiger partial charge in [-0.3, -0.25) is 4.98 Å². The highest BCUT2D eigenvalue weighted by molar-refractivity contribution is 5.87. The third-order valence-corrected chi connectivity index (χ3v) is 2.12. The van der Waals surface area contributed by atoms with Crippen molar-refractivity contribution in [1.29, 1.82) is 0 Å². The van der Waals surface area contributed by atoms with E-state index in [0.717, 1.165) is 16.3 Å². The van der Waals surface area contributed by atoms with E-state index in [9.17, 15) is 0 Å². The highest BCUT2D eigenvalue weighted by Crippen LogP contribution is 2.15. The molecule has 0 spiro atoms. The number of rotatable bonds is 1. The summed E-state index contributed by atoms with van der Waals surface area (Å²) in [5.41, 5.74) is 9.04. The monoisotopic (exact) mass is 208 g/mol. The van der Waals surface area contributed by atoms with Crippen LogP contribution in [0.25, 0.3) is 21.2 Å². The lowest BCUT2D eigenvalue weighted by atomic mass is 10.1. The second kappa shape index (κ2) is 4.83. The Bertz CT molecular complexity index is 610. The van der Waals surface area contributed by atoms with Crippen molar-refractivity contribution in [3.63, 3.8) is 0 Å². The number of benzene rings is 1. The fourth-order valence-electron chi connectivity index (χ4n) is 1.43. The first kappa shape index (κ1) is 10.0. The fraction of sp³-hybridized carbons (Fsp3) is 0.0833. The first-order chi connectivity index (χ1) is 7.92. The Kier molecular flexibility index (Phi) is 3.03. The maximum absolute atomic E-state index is 8.12. The molecule has 0 atom stereocenters. The van der Waals surface area contributed by atoms with Crippen LogP contribution in [-0.4, -0.2) is 11.5 Å². The quantitative estimate of drug-likeness (QED) is 0.307. The molecular formula is C12H8N4. The van der Waals surface area contributed by atoms with Crippen molar-refractivity contribution in [2.45, 2.75) is 0 Å². The van der Waals surface area contributed by atoms with Crippen molar-refractivity contribution in [2.75, 3.05) is 6.54 Å². The number of hydrogen-bond acceptors (Lipinski definition) is 2. The molecule has 76 valence electrons. The maximum atomic E-state index is 8.12. The number of azide groups is 1. The Labute approximate surface area is 92.6 Å². The van der Waals surface area contributed by atoms with Gasteiger partial charge in [-0.25, -0.2) is 0 Å². The van der Waals surface area contributed by atoms with Gasteiger partial charge in [0.15, 0.2) is 0 Å². The summed E-state index contributed by atoms with van der Waals surface area (Å²) in [5, 5.41) is 5.48. The van der Waals surface area contributed by atoms with Crippen molar-refractivity contribution in [3.05, 3.63) is 52.7 Å². The zero-order valence-corrected chi connectivity index (χ0v) is 8.46. The summed E-state index contributed by atoms with van der Waals surface area (Å²) in [6.07, 6.45) is 3.54. The fourth-order valence-corrected chi connectivity index (χ4v) is 1.43. The summed E-state index contributed by atoms with van der Waals surface area (Å²) in [6, 6.07) is 7.78. The molecule has 0 fully saturated rings. The molecule has 1 heterocycles. The van der Waals surface area contributed by atoms with Gasteiger partial charge in [0.25, 0.3) is 0 Å². The molecule has 0 aliphatic carbocycles. The number of aromatic nitrogens is 1. The van der Waals surface area contributed by atoms with Crippen LogP contribution < -0.4 is 0 Å². The second-order valence-corrected chi connectivity index (χ2v) is 3.09. The Morgan fingerprint density at radius 2 is 2.31 bits per heavy atom. The van der Waals surface area contributed by atoms with Crippen LogP contribution in [0.3, 0.4) is 0 Å². The highest BCUT2D eigenvalue weighted by atomic mass is 15.1. The molecule has 0 unspecified atom stereocenters. The Hall–Kier alpha value is -2.50. The van der Waals surface area contributed by atoms with Crippen LogP contribution in [0, 0.1) is 11.8 Å². The minimum Gasteiger partial charge on any atom is -0.264 e. The average molecular weight is 208 g/mol. The molecule has 2 aromatic rings. The molecule has 1 aromatic carbocycles. The molecule has 0 amide bonds. The zero-order chi connectivity index (χ0) is 11.2. The molecule has 0 saturated heterocycles. The van der Waals surface area contributed by atoms with E-state index in [4.69, 9.17) is 5.53 Å². The lowest BCUT2D eigenvalue weighted by Gasteiger charge is -1.98. The lowest BCUT2D eigenvalue weighted by molar-refractivity contribution is 1.25. The molecule has 0 N–H and O–H groups in total. The third kappa shape index (κ3) is 2.11. The van der Waals surface area contributed by atoms with Gasteiger partial charge in [0.1, 0.15) is 0 Å². The van der Waals surface area contributed by atoms with Crippen molar-refractivity contribution >= 4 is 10.8 Å². The summed E-state index contributed by atoms with van der Waals surface area (Å²) in [4.78, 5) is 6.69. The van der Waals surface area contributed by atoms with Gasteiger partial charge in [-0.05, 0) is 17.7 Å². The van der Waals surface area contributed by atoms with Gasteiger partial charge in [0.05, 0.1) is 6.54 Å². The van der Waals surface area contributed by atoms with Crippen molar-refractivity contribution < 1.29 is 0 Å². The maximum Gasteiger partial charge on any atom is 0.0880 e. The minimum absolute atomic E-state index is 0.192. The molecule has 0 aliphatic heterocycles. The third-order valence-electron chi connectivity index (χ3n) is 2.12.